The Hall–Kier alpha value is -1.12. The SMILES string of the molecule is N#CC1(Cc2cc(F)ccc2Cl)CCS(=O)(=O)C1. The van der Waals surface area contributed by atoms with E-state index in [4.69, 9.17) is 11.6 Å². The fraction of sp³-hybridized carbons (Fsp3) is 0.417. The lowest BCUT2D eigenvalue weighted by atomic mass is 9.83. The van der Waals surface area contributed by atoms with Crippen LogP contribution in [0.4, 0.5) is 4.39 Å². The molecule has 0 spiro atoms. The first-order valence-corrected chi connectivity index (χ1v) is 7.61. The van der Waals surface area contributed by atoms with Crippen LogP contribution in [0.3, 0.4) is 0 Å². The lowest BCUT2D eigenvalue weighted by Crippen LogP contribution is -2.23. The molecule has 96 valence electrons. The van der Waals surface area contributed by atoms with Gasteiger partial charge in [0.25, 0.3) is 0 Å². The zero-order chi connectivity index (χ0) is 13.4. The average molecular weight is 288 g/mol. The molecule has 1 aliphatic rings. The van der Waals surface area contributed by atoms with Gasteiger partial charge in [-0.15, -0.1) is 0 Å². The molecule has 0 bridgehead atoms. The number of benzene rings is 1. The van der Waals surface area contributed by atoms with E-state index in [-0.39, 0.29) is 24.3 Å². The summed E-state index contributed by atoms with van der Waals surface area (Å²) in [5, 5.41) is 9.58. The van der Waals surface area contributed by atoms with Gasteiger partial charge in [-0.3, -0.25) is 0 Å². The summed E-state index contributed by atoms with van der Waals surface area (Å²) in [6, 6.07) is 5.97. The molecular formula is C12H11ClFNO2S. The first kappa shape index (κ1) is 13.3. The van der Waals surface area contributed by atoms with Crippen LogP contribution in [0.15, 0.2) is 18.2 Å². The minimum atomic E-state index is -3.17. The van der Waals surface area contributed by atoms with Crippen LogP contribution in [0.2, 0.25) is 5.02 Å². The number of rotatable bonds is 2. The monoisotopic (exact) mass is 287 g/mol. The van der Waals surface area contributed by atoms with Crippen molar-refractivity contribution < 1.29 is 12.8 Å². The normalized spacial score (nSPS) is 25.8. The Balaban J connectivity index is 2.33. The standard InChI is InChI=1S/C12H11ClFNO2S/c13-11-2-1-10(14)5-9(11)6-12(7-15)3-4-18(16,17)8-12/h1-2,5H,3-4,6,8H2. The Bertz CT molecular complexity index is 623. The molecule has 3 nitrogen and oxygen atoms in total. The van der Waals surface area contributed by atoms with E-state index in [0.29, 0.717) is 10.6 Å². The topological polar surface area (TPSA) is 57.9 Å². The van der Waals surface area contributed by atoms with E-state index in [0.717, 1.165) is 0 Å². The van der Waals surface area contributed by atoms with Gasteiger partial charge in [-0.2, -0.15) is 5.26 Å². The van der Waals surface area contributed by atoms with Crippen LogP contribution in [0.5, 0.6) is 0 Å². The molecule has 0 amide bonds. The van der Waals surface area contributed by atoms with E-state index in [1.54, 1.807) is 0 Å². The van der Waals surface area contributed by atoms with Crippen molar-refractivity contribution in [3.05, 3.63) is 34.6 Å². The van der Waals surface area contributed by atoms with E-state index in [2.05, 4.69) is 6.07 Å². The maximum absolute atomic E-state index is 13.1. The molecule has 0 aromatic heterocycles. The summed E-state index contributed by atoms with van der Waals surface area (Å²) in [6.45, 7) is 0. The summed E-state index contributed by atoms with van der Waals surface area (Å²) >= 11 is 5.94. The van der Waals surface area contributed by atoms with E-state index >= 15 is 0 Å². The van der Waals surface area contributed by atoms with Gasteiger partial charge in [0, 0.05) is 5.02 Å². The van der Waals surface area contributed by atoms with Gasteiger partial charge in [0.1, 0.15) is 5.82 Å². The Morgan fingerprint density at radius 1 is 1.50 bits per heavy atom. The van der Waals surface area contributed by atoms with Crippen LogP contribution in [-0.2, 0) is 16.3 Å². The van der Waals surface area contributed by atoms with Crippen molar-refractivity contribution in [3.63, 3.8) is 0 Å². The maximum atomic E-state index is 13.1. The summed E-state index contributed by atoms with van der Waals surface area (Å²) < 4.78 is 36.1. The zero-order valence-electron chi connectivity index (χ0n) is 9.49. The number of nitriles is 1. The molecule has 1 saturated heterocycles. The second-order valence-electron chi connectivity index (χ2n) is 4.65. The van der Waals surface area contributed by atoms with Crippen molar-refractivity contribution in [2.24, 2.45) is 5.41 Å². The number of nitrogens with zero attached hydrogens (tertiary/aromatic N) is 1. The fourth-order valence-electron chi connectivity index (χ4n) is 2.23. The highest BCUT2D eigenvalue weighted by Crippen LogP contribution is 2.36. The molecule has 0 aliphatic carbocycles. The van der Waals surface area contributed by atoms with Crippen LogP contribution < -0.4 is 0 Å². The molecule has 2 rings (SSSR count). The van der Waals surface area contributed by atoms with Gasteiger partial charge in [-0.25, -0.2) is 12.8 Å². The van der Waals surface area contributed by atoms with Crippen LogP contribution in [0.1, 0.15) is 12.0 Å². The van der Waals surface area contributed by atoms with Crippen molar-refractivity contribution in [1.29, 1.82) is 5.26 Å². The van der Waals surface area contributed by atoms with E-state index < -0.39 is 21.1 Å². The van der Waals surface area contributed by atoms with Gasteiger partial charge < -0.3 is 0 Å². The minimum absolute atomic E-state index is 0.00744. The summed E-state index contributed by atoms with van der Waals surface area (Å²) in [5.74, 6) is -0.611. The molecule has 1 aromatic rings. The maximum Gasteiger partial charge on any atom is 0.151 e. The molecule has 1 aromatic carbocycles. The predicted molar refractivity (Wildman–Crippen MR) is 66.4 cm³/mol. The van der Waals surface area contributed by atoms with Crippen LogP contribution >= 0.6 is 11.6 Å². The second-order valence-corrected chi connectivity index (χ2v) is 7.24. The summed E-state index contributed by atoms with van der Waals surface area (Å²) in [7, 11) is -3.17. The average Bonchev–Trinajstić information content (AvgIpc) is 2.60. The van der Waals surface area contributed by atoms with Gasteiger partial charge in [-0.05, 0) is 36.6 Å². The minimum Gasteiger partial charge on any atom is -0.229 e. The van der Waals surface area contributed by atoms with Gasteiger partial charge >= 0.3 is 0 Å². The van der Waals surface area contributed by atoms with E-state index in [1.807, 2.05) is 0 Å². The lowest BCUT2D eigenvalue weighted by molar-refractivity contribution is 0.450. The Morgan fingerprint density at radius 3 is 2.78 bits per heavy atom. The van der Waals surface area contributed by atoms with Crippen LogP contribution in [0, 0.1) is 22.6 Å². The number of hydrogen-bond acceptors (Lipinski definition) is 3. The van der Waals surface area contributed by atoms with Crippen molar-refractivity contribution in [2.75, 3.05) is 11.5 Å². The molecule has 1 atom stereocenters. The van der Waals surface area contributed by atoms with Gasteiger partial charge in [0.05, 0.1) is 23.0 Å². The highest BCUT2D eigenvalue weighted by atomic mass is 35.5. The Morgan fingerprint density at radius 2 is 2.22 bits per heavy atom. The third-order valence-electron chi connectivity index (χ3n) is 3.16. The molecule has 6 heteroatoms. The quantitative estimate of drug-likeness (QED) is 0.839. The molecule has 1 unspecified atom stereocenters. The van der Waals surface area contributed by atoms with Gasteiger partial charge in [-0.1, -0.05) is 11.6 Å². The number of halogens is 2. The van der Waals surface area contributed by atoms with Crippen molar-refractivity contribution in [3.8, 4) is 6.07 Å². The molecular weight excluding hydrogens is 277 g/mol. The molecule has 1 aliphatic heterocycles. The molecule has 0 saturated carbocycles. The second kappa shape index (κ2) is 4.52. The smallest absolute Gasteiger partial charge is 0.151 e. The Labute approximate surface area is 110 Å². The first-order valence-electron chi connectivity index (χ1n) is 5.41. The van der Waals surface area contributed by atoms with Crippen molar-refractivity contribution in [2.45, 2.75) is 12.8 Å². The predicted octanol–water partition coefficient (Wildman–Crippen LogP) is 2.35. The third kappa shape index (κ3) is 2.65. The van der Waals surface area contributed by atoms with E-state index in [1.165, 1.54) is 18.2 Å². The van der Waals surface area contributed by atoms with Gasteiger partial charge in [0.2, 0.25) is 0 Å². The van der Waals surface area contributed by atoms with Crippen LogP contribution in [0.25, 0.3) is 0 Å². The summed E-state index contributed by atoms with van der Waals surface area (Å²) in [5.41, 5.74) is -0.494. The number of hydrogen-bond donors (Lipinski definition) is 0. The Kier molecular flexibility index (Phi) is 3.35. The largest absolute Gasteiger partial charge is 0.229 e. The molecule has 18 heavy (non-hydrogen) atoms. The summed E-state index contributed by atoms with van der Waals surface area (Å²) in [4.78, 5) is 0. The molecule has 0 radical (unpaired) electrons. The lowest BCUT2D eigenvalue weighted by Gasteiger charge is -2.19. The van der Waals surface area contributed by atoms with Gasteiger partial charge in [0.15, 0.2) is 9.84 Å². The summed E-state index contributed by atoms with van der Waals surface area (Å²) in [6.07, 6.45) is 0.442. The van der Waals surface area contributed by atoms with Crippen molar-refractivity contribution in [1.82, 2.24) is 0 Å². The molecule has 1 heterocycles. The highest BCUT2D eigenvalue weighted by Gasteiger charge is 2.43. The highest BCUT2D eigenvalue weighted by molar-refractivity contribution is 7.91. The molecule has 1 fully saturated rings. The van der Waals surface area contributed by atoms with E-state index in [9.17, 15) is 18.1 Å². The third-order valence-corrected chi connectivity index (χ3v) is 5.35. The fourth-order valence-corrected chi connectivity index (χ4v) is 4.41. The van der Waals surface area contributed by atoms with Crippen LogP contribution in [-0.4, -0.2) is 19.9 Å². The molecule has 0 N–H and O–H groups in total. The first-order chi connectivity index (χ1) is 8.36. The number of sulfone groups is 1. The van der Waals surface area contributed by atoms with Crippen molar-refractivity contribution >= 4 is 21.4 Å². The zero-order valence-corrected chi connectivity index (χ0v) is 11.1.